The van der Waals surface area contributed by atoms with Crippen molar-refractivity contribution in [3.63, 3.8) is 0 Å². The van der Waals surface area contributed by atoms with Gasteiger partial charge in [0.25, 0.3) is 0 Å². The molecule has 2 aromatic carbocycles. The average molecular weight is 525 g/mol. The van der Waals surface area contributed by atoms with Gasteiger partial charge in [0.05, 0.1) is 28.3 Å². The van der Waals surface area contributed by atoms with Crippen LogP contribution in [0.15, 0.2) is 54.7 Å². The van der Waals surface area contributed by atoms with Crippen LogP contribution in [0.25, 0.3) is 11.1 Å². The third kappa shape index (κ3) is 5.85. The maximum atomic E-state index is 15.1. The highest BCUT2D eigenvalue weighted by Gasteiger charge is 2.35. The number of nitrogens with one attached hydrogen (secondary N) is 1. The van der Waals surface area contributed by atoms with Crippen molar-refractivity contribution in [2.24, 2.45) is 11.8 Å². The van der Waals surface area contributed by atoms with Gasteiger partial charge in [-0.1, -0.05) is 24.4 Å². The number of hydrogen-bond donors (Lipinski definition) is 2. The van der Waals surface area contributed by atoms with Gasteiger partial charge in [-0.3, -0.25) is 4.79 Å². The van der Waals surface area contributed by atoms with Gasteiger partial charge in [-0.2, -0.15) is 4.73 Å². The second kappa shape index (κ2) is 10.4. The van der Waals surface area contributed by atoms with Crippen molar-refractivity contribution in [1.29, 1.82) is 0 Å². The van der Waals surface area contributed by atoms with E-state index in [0.717, 1.165) is 25.7 Å². The number of pyridine rings is 1. The van der Waals surface area contributed by atoms with Gasteiger partial charge < -0.3 is 20.4 Å². The highest BCUT2D eigenvalue weighted by Crippen LogP contribution is 2.40. The summed E-state index contributed by atoms with van der Waals surface area (Å²) in [5, 5.41) is 25.0. The number of ether oxygens (including phenoxy) is 1. The zero-order chi connectivity index (χ0) is 26.1. The molecule has 2 N–H and O–H groups in total. The van der Waals surface area contributed by atoms with Gasteiger partial charge in [0, 0.05) is 11.8 Å². The second-order valence-electron chi connectivity index (χ2n) is 9.76. The van der Waals surface area contributed by atoms with Crippen LogP contribution in [0, 0.1) is 22.9 Å². The molecule has 1 unspecified atom stereocenters. The van der Waals surface area contributed by atoms with Gasteiger partial charge in [0.15, 0.2) is 12.0 Å². The van der Waals surface area contributed by atoms with E-state index in [9.17, 15) is 14.8 Å². The second-order valence-corrected chi connectivity index (χ2v) is 10.2. The first-order valence-corrected chi connectivity index (χ1v) is 12.7. The molecule has 3 aromatic rings. The fraction of sp³-hybridized carbons (Fsp3) is 0.321. The van der Waals surface area contributed by atoms with Crippen LogP contribution < -0.4 is 14.8 Å². The normalized spacial score (nSPS) is 15.7. The highest BCUT2D eigenvalue weighted by atomic mass is 35.5. The molecule has 2 aliphatic carbocycles. The number of halogens is 2. The molecule has 1 amide bonds. The number of amides is 1. The van der Waals surface area contributed by atoms with E-state index in [1.54, 1.807) is 18.2 Å². The molecular formula is C28H26ClFN2O5. The molecule has 7 nitrogen and oxygen atoms in total. The SMILES string of the molecule is O=C(O)c1ccc(NC(=O)C(CC2CC2)c2ccc(-c3c(OCC4CC4)ccc(Cl)c3F)c[n+]2[O-])cc1. The summed E-state index contributed by atoms with van der Waals surface area (Å²) in [4.78, 5) is 24.3. The van der Waals surface area contributed by atoms with Crippen molar-refractivity contribution in [3.8, 4) is 16.9 Å². The zero-order valence-electron chi connectivity index (χ0n) is 20.0. The average Bonchev–Trinajstić information content (AvgIpc) is 3.80. The predicted molar refractivity (Wildman–Crippen MR) is 136 cm³/mol. The molecule has 0 bridgehead atoms. The molecule has 2 aliphatic rings. The Morgan fingerprint density at radius 1 is 1.08 bits per heavy atom. The summed E-state index contributed by atoms with van der Waals surface area (Å²) in [6.07, 6.45) is 5.89. The van der Waals surface area contributed by atoms with Crippen LogP contribution in [0.4, 0.5) is 10.1 Å². The Kier molecular flexibility index (Phi) is 7.02. The highest BCUT2D eigenvalue weighted by molar-refractivity contribution is 6.31. The summed E-state index contributed by atoms with van der Waals surface area (Å²) in [7, 11) is 0. The Morgan fingerprint density at radius 2 is 1.78 bits per heavy atom. The number of aromatic nitrogens is 1. The number of benzene rings is 2. The van der Waals surface area contributed by atoms with Crippen molar-refractivity contribution in [3.05, 3.63) is 82.0 Å². The van der Waals surface area contributed by atoms with Crippen molar-refractivity contribution in [2.45, 2.75) is 38.0 Å². The molecule has 0 spiro atoms. The minimum atomic E-state index is -1.06. The van der Waals surface area contributed by atoms with E-state index in [2.05, 4.69) is 5.32 Å². The molecule has 0 aliphatic heterocycles. The lowest BCUT2D eigenvalue weighted by Crippen LogP contribution is -2.37. The fourth-order valence-electron chi connectivity index (χ4n) is 4.30. The number of carbonyl (C=O) groups excluding carboxylic acids is 1. The fourth-order valence-corrected chi connectivity index (χ4v) is 4.46. The number of carboxylic acids is 1. The van der Waals surface area contributed by atoms with E-state index in [0.29, 0.717) is 46.6 Å². The van der Waals surface area contributed by atoms with Gasteiger partial charge in [-0.15, -0.1) is 0 Å². The first-order chi connectivity index (χ1) is 17.8. The van der Waals surface area contributed by atoms with Crippen LogP contribution in [0.2, 0.25) is 5.02 Å². The van der Waals surface area contributed by atoms with Crippen LogP contribution in [0.5, 0.6) is 5.75 Å². The molecule has 1 atom stereocenters. The summed E-state index contributed by atoms with van der Waals surface area (Å²) in [5.74, 6) is -1.70. The molecule has 1 heterocycles. The van der Waals surface area contributed by atoms with Gasteiger partial charge in [-0.05, 0) is 73.6 Å². The van der Waals surface area contributed by atoms with Crippen molar-refractivity contribution in [2.75, 3.05) is 11.9 Å². The Morgan fingerprint density at radius 3 is 2.41 bits per heavy atom. The number of hydrogen-bond acceptors (Lipinski definition) is 4. The van der Waals surface area contributed by atoms with E-state index in [1.807, 2.05) is 0 Å². The van der Waals surface area contributed by atoms with Crippen LogP contribution >= 0.6 is 11.6 Å². The molecule has 192 valence electrons. The summed E-state index contributed by atoms with van der Waals surface area (Å²) >= 11 is 6.04. The third-order valence-corrected chi connectivity index (χ3v) is 7.09. The van der Waals surface area contributed by atoms with Gasteiger partial charge in [-0.25, -0.2) is 9.18 Å². The Balaban J connectivity index is 1.42. The van der Waals surface area contributed by atoms with E-state index < -0.39 is 17.7 Å². The minimum absolute atomic E-state index is 0.0739. The zero-order valence-corrected chi connectivity index (χ0v) is 20.7. The number of nitrogens with zero attached hydrogens (tertiary/aromatic N) is 1. The lowest BCUT2D eigenvalue weighted by Gasteiger charge is -2.18. The van der Waals surface area contributed by atoms with Crippen LogP contribution in [-0.2, 0) is 4.79 Å². The number of carbonyl (C=O) groups is 2. The number of rotatable bonds is 10. The first-order valence-electron chi connectivity index (χ1n) is 12.3. The van der Waals surface area contributed by atoms with Gasteiger partial charge in [0.1, 0.15) is 11.7 Å². The van der Waals surface area contributed by atoms with E-state index in [-0.39, 0.29) is 27.8 Å². The molecule has 5 rings (SSSR count). The molecule has 0 saturated heterocycles. The molecule has 9 heteroatoms. The standard InChI is InChI=1S/C28H26ClFN2O5/c29-22-10-12-24(37-15-17-3-4-17)25(26(22)30)19-7-11-23(32(36)14-19)21(13-16-1-2-16)27(33)31-20-8-5-18(6-9-20)28(34)35/h5-12,14,16-17,21H,1-4,13,15H2,(H,31,33)(H,34,35). The topological polar surface area (TPSA) is 103 Å². The molecular weight excluding hydrogens is 499 g/mol. The summed E-state index contributed by atoms with van der Waals surface area (Å²) in [5.41, 5.74) is 1.21. The van der Waals surface area contributed by atoms with Crippen molar-refractivity contribution < 1.29 is 28.6 Å². The van der Waals surface area contributed by atoms with Gasteiger partial charge >= 0.3 is 5.97 Å². The first kappa shape index (κ1) is 25.0. The van der Waals surface area contributed by atoms with Crippen LogP contribution in [-0.4, -0.2) is 23.6 Å². The van der Waals surface area contributed by atoms with E-state index in [4.69, 9.17) is 21.4 Å². The third-order valence-electron chi connectivity index (χ3n) is 6.80. The molecule has 1 aromatic heterocycles. The summed E-state index contributed by atoms with van der Waals surface area (Å²) in [6.45, 7) is 0.473. The number of aromatic carboxylic acids is 1. The molecule has 0 radical (unpaired) electrons. The smallest absolute Gasteiger partial charge is 0.335 e. The molecule has 37 heavy (non-hydrogen) atoms. The number of anilines is 1. The monoisotopic (exact) mass is 524 g/mol. The summed E-state index contributed by atoms with van der Waals surface area (Å²) in [6, 6.07) is 12.0. The number of carboxylic acid groups (broad SMARTS) is 1. The summed E-state index contributed by atoms with van der Waals surface area (Å²) < 4.78 is 21.5. The maximum absolute atomic E-state index is 15.1. The van der Waals surface area contributed by atoms with Crippen LogP contribution in [0.1, 0.15) is 54.1 Å². The Bertz CT molecular complexity index is 1340. The van der Waals surface area contributed by atoms with Crippen molar-refractivity contribution >= 4 is 29.2 Å². The maximum Gasteiger partial charge on any atom is 0.335 e. The van der Waals surface area contributed by atoms with E-state index in [1.165, 1.54) is 36.5 Å². The Labute approximate surface area is 218 Å². The molecule has 2 fully saturated rings. The van der Waals surface area contributed by atoms with E-state index >= 15 is 4.39 Å². The largest absolute Gasteiger partial charge is 0.618 e. The predicted octanol–water partition coefficient (Wildman–Crippen LogP) is 5.79. The lowest BCUT2D eigenvalue weighted by molar-refractivity contribution is -0.614. The lowest BCUT2D eigenvalue weighted by atomic mass is 9.95. The quantitative estimate of drug-likeness (QED) is 0.258. The molecule has 2 saturated carbocycles. The van der Waals surface area contributed by atoms with Crippen molar-refractivity contribution in [1.82, 2.24) is 0 Å². The van der Waals surface area contributed by atoms with Gasteiger partial charge in [0.2, 0.25) is 11.6 Å². The Hall–Kier alpha value is -3.65. The van der Waals surface area contributed by atoms with Crippen LogP contribution in [0.3, 0.4) is 0 Å². The minimum Gasteiger partial charge on any atom is -0.618 e.